The van der Waals surface area contributed by atoms with Gasteiger partial charge < -0.3 is 4.74 Å². The molecule has 2 heterocycles. The van der Waals surface area contributed by atoms with Gasteiger partial charge in [-0.2, -0.15) is 0 Å². The molecule has 4 rings (SSSR count). The third kappa shape index (κ3) is 4.64. The van der Waals surface area contributed by atoms with E-state index in [0.29, 0.717) is 26.4 Å². The fraction of sp³-hybridized carbons (Fsp3) is 0.0455. The van der Waals surface area contributed by atoms with Crippen LogP contribution in [0.2, 0.25) is 0 Å². The highest BCUT2D eigenvalue weighted by molar-refractivity contribution is 8.26. The molecule has 0 radical (unpaired) electrons. The second-order valence-corrected chi connectivity index (χ2v) is 8.82. The summed E-state index contributed by atoms with van der Waals surface area (Å²) in [6.45, 7) is 0.446. The van der Waals surface area contributed by atoms with E-state index < -0.39 is 5.97 Å². The van der Waals surface area contributed by atoms with Crippen molar-refractivity contribution in [2.24, 2.45) is 0 Å². The van der Waals surface area contributed by atoms with Crippen LogP contribution in [0, 0.1) is 0 Å². The lowest BCUT2D eigenvalue weighted by Crippen LogP contribution is -2.27. The van der Waals surface area contributed by atoms with Crippen LogP contribution in [0.4, 0.5) is 0 Å². The van der Waals surface area contributed by atoms with Crippen molar-refractivity contribution in [2.75, 3.05) is 0 Å². The third-order valence-corrected chi connectivity index (χ3v) is 6.37. The predicted molar refractivity (Wildman–Crippen MR) is 121 cm³/mol. The van der Waals surface area contributed by atoms with Gasteiger partial charge in [-0.3, -0.25) is 9.69 Å². The number of thiocarbonyl (C=S) groups is 1. The molecule has 1 aliphatic rings. The van der Waals surface area contributed by atoms with Gasteiger partial charge >= 0.3 is 5.97 Å². The normalized spacial score (nSPS) is 15.2. The number of hydrogen-bond donors (Lipinski definition) is 0. The number of carbonyl (C=O) groups excluding carboxylic acids is 2. The van der Waals surface area contributed by atoms with Gasteiger partial charge in [0, 0.05) is 0 Å². The van der Waals surface area contributed by atoms with Crippen molar-refractivity contribution in [3.63, 3.8) is 0 Å². The highest BCUT2D eigenvalue weighted by Gasteiger charge is 2.31. The van der Waals surface area contributed by atoms with Gasteiger partial charge in [-0.15, -0.1) is 11.3 Å². The molecule has 4 nitrogen and oxygen atoms in total. The molecule has 1 aromatic heterocycles. The van der Waals surface area contributed by atoms with Crippen molar-refractivity contribution in [1.82, 2.24) is 4.90 Å². The number of benzene rings is 2. The maximum Gasteiger partial charge on any atom is 0.353 e. The van der Waals surface area contributed by atoms with Gasteiger partial charge in [0.15, 0.2) is 0 Å². The smallest absolute Gasteiger partial charge is 0.353 e. The number of rotatable bonds is 5. The van der Waals surface area contributed by atoms with Gasteiger partial charge in [0.25, 0.3) is 5.91 Å². The minimum Gasteiger partial charge on any atom is -0.422 e. The number of hydrogen-bond acceptors (Lipinski definition) is 6. The summed E-state index contributed by atoms with van der Waals surface area (Å²) in [5.41, 5.74) is 1.79. The Bertz CT molecular complexity index is 1090. The number of esters is 1. The van der Waals surface area contributed by atoms with Crippen LogP contribution in [0.3, 0.4) is 0 Å². The van der Waals surface area contributed by atoms with Crippen LogP contribution in [0.25, 0.3) is 6.08 Å². The van der Waals surface area contributed by atoms with E-state index in [-0.39, 0.29) is 5.91 Å². The number of thiophene rings is 1. The van der Waals surface area contributed by atoms with E-state index in [1.807, 2.05) is 41.8 Å². The summed E-state index contributed by atoms with van der Waals surface area (Å²) < 4.78 is 5.96. The first kappa shape index (κ1) is 19.6. The van der Waals surface area contributed by atoms with Crippen LogP contribution in [0.5, 0.6) is 5.75 Å². The van der Waals surface area contributed by atoms with E-state index >= 15 is 0 Å². The fourth-order valence-electron chi connectivity index (χ4n) is 2.77. The number of nitrogens with zero attached hydrogens (tertiary/aromatic N) is 1. The SMILES string of the molecule is O=C(Oc1cccc(C=C2SC(=S)N(Cc3ccccc3)C2=O)c1)c1cccs1. The second kappa shape index (κ2) is 8.73. The molecule has 0 saturated carbocycles. The van der Waals surface area contributed by atoms with E-state index in [1.165, 1.54) is 23.1 Å². The molecule has 0 bridgehead atoms. The summed E-state index contributed by atoms with van der Waals surface area (Å²) in [7, 11) is 0. The molecule has 1 aliphatic heterocycles. The molecule has 7 heteroatoms. The molecule has 1 fully saturated rings. The zero-order valence-corrected chi connectivity index (χ0v) is 17.6. The Hall–Kier alpha value is -2.74. The van der Waals surface area contributed by atoms with Crippen molar-refractivity contribution < 1.29 is 14.3 Å². The average molecular weight is 438 g/mol. The molecule has 0 unspecified atom stereocenters. The van der Waals surface area contributed by atoms with Crippen LogP contribution in [-0.4, -0.2) is 21.1 Å². The number of thioether (sulfide) groups is 1. The van der Waals surface area contributed by atoms with Gasteiger partial charge in [-0.1, -0.05) is 72.5 Å². The Morgan fingerprint density at radius 1 is 1.07 bits per heavy atom. The van der Waals surface area contributed by atoms with Crippen LogP contribution in [-0.2, 0) is 11.3 Å². The first-order valence-corrected chi connectivity index (χ1v) is 10.9. The second-order valence-electron chi connectivity index (χ2n) is 6.19. The van der Waals surface area contributed by atoms with Crippen molar-refractivity contribution in [1.29, 1.82) is 0 Å². The monoisotopic (exact) mass is 437 g/mol. The highest BCUT2D eigenvalue weighted by Crippen LogP contribution is 2.34. The molecule has 0 spiro atoms. The molecule has 1 amide bonds. The number of carbonyl (C=O) groups is 2. The van der Waals surface area contributed by atoms with Crippen molar-refractivity contribution in [3.05, 3.63) is 93.0 Å². The lowest BCUT2D eigenvalue weighted by Gasteiger charge is -2.14. The van der Waals surface area contributed by atoms with E-state index in [4.69, 9.17) is 17.0 Å². The summed E-state index contributed by atoms with van der Waals surface area (Å²) in [5.74, 6) is -0.0897. The number of amides is 1. The summed E-state index contributed by atoms with van der Waals surface area (Å²) in [4.78, 5) is 27.6. The Morgan fingerprint density at radius 3 is 2.66 bits per heavy atom. The summed E-state index contributed by atoms with van der Waals surface area (Å²) in [6.07, 6.45) is 1.77. The van der Waals surface area contributed by atoms with Crippen LogP contribution in [0.15, 0.2) is 77.0 Å². The summed E-state index contributed by atoms with van der Waals surface area (Å²) >= 11 is 8.00. The lowest BCUT2D eigenvalue weighted by molar-refractivity contribution is -0.122. The van der Waals surface area contributed by atoms with Gasteiger partial charge in [0.2, 0.25) is 0 Å². The van der Waals surface area contributed by atoms with E-state index in [2.05, 4.69) is 0 Å². The van der Waals surface area contributed by atoms with E-state index in [0.717, 1.165) is 11.1 Å². The van der Waals surface area contributed by atoms with E-state index in [9.17, 15) is 9.59 Å². The quantitative estimate of drug-likeness (QED) is 0.232. The molecule has 0 N–H and O–H groups in total. The van der Waals surface area contributed by atoms with Gasteiger partial charge in [0.1, 0.15) is 14.9 Å². The highest BCUT2D eigenvalue weighted by atomic mass is 32.2. The Morgan fingerprint density at radius 2 is 1.90 bits per heavy atom. The van der Waals surface area contributed by atoms with Crippen LogP contribution in [0.1, 0.15) is 20.8 Å². The maximum atomic E-state index is 12.8. The largest absolute Gasteiger partial charge is 0.422 e. The van der Waals surface area contributed by atoms with Crippen molar-refractivity contribution in [2.45, 2.75) is 6.54 Å². The molecular formula is C22H15NO3S3. The average Bonchev–Trinajstić information content (AvgIpc) is 3.34. The third-order valence-electron chi connectivity index (χ3n) is 4.15. The summed E-state index contributed by atoms with van der Waals surface area (Å²) in [5, 5.41) is 1.82. The van der Waals surface area contributed by atoms with Crippen LogP contribution >= 0.6 is 35.3 Å². The first-order valence-electron chi connectivity index (χ1n) is 8.75. The maximum absolute atomic E-state index is 12.8. The molecule has 1 saturated heterocycles. The zero-order valence-electron chi connectivity index (χ0n) is 15.1. The standard InChI is InChI=1S/C22H15NO3S3/c24-20-19(29-22(27)23(20)14-15-6-2-1-3-7-15)13-16-8-4-9-17(12-16)26-21(25)18-10-5-11-28-18/h1-13H,14H2. The predicted octanol–water partition coefficient (Wildman–Crippen LogP) is 5.37. The van der Waals surface area contributed by atoms with Crippen molar-refractivity contribution in [3.8, 4) is 5.75 Å². The zero-order chi connectivity index (χ0) is 20.2. The van der Waals surface area contributed by atoms with E-state index in [1.54, 1.807) is 41.3 Å². The molecule has 0 atom stereocenters. The Balaban J connectivity index is 1.50. The minimum absolute atomic E-state index is 0.121. The molecule has 144 valence electrons. The lowest BCUT2D eigenvalue weighted by atomic mass is 10.2. The molecule has 2 aromatic carbocycles. The molecule has 29 heavy (non-hydrogen) atoms. The first-order chi connectivity index (χ1) is 14.1. The molecular weight excluding hydrogens is 422 g/mol. The van der Waals surface area contributed by atoms with Crippen LogP contribution < -0.4 is 4.74 Å². The Kier molecular flexibility index (Phi) is 5.89. The minimum atomic E-state index is -0.397. The molecule has 0 aliphatic carbocycles. The van der Waals surface area contributed by atoms with Gasteiger partial charge in [0.05, 0.1) is 11.4 Å². The van der Waals surface area contributed by atoms with Crippen molar-refractivity contribution >= 4 is 57.6 Å². The summed E-state index contributed by atoms with van der Waals surface area (Å²) in [6, 6.07) is 20.3. The number of ether oxygens (including phenoxy) is 1. The molecule has 3 aromatic rings. The Labute approximate surface area is 181 Å². The topological polar surface area (TPSA) is 46.6 Å². The van der Waals surface area contributed by atoms with Gasteiger partial charge in [-0.25, -0.2) is 4.79 Å². The fourth-order valence-corrected chi connectivity index (χ4v) is 4.63. The van der Waals surface area contributed by atoms with Gasteiger partial charge in [-0.05, 0) is 40.8 Å².